The molecule has 0 radical (unpaired) electrons. The topological polar surface area (TPSA) is 45.8 Å². The standard InChI is InChI=1S/C17H14N2O/c20-17-15(11-18-12-19-17)16(13-7-3-1-4-8-13)14-9-5-2-6-10-14/h1-12,16H,(H,18,19,20). The summed E-state index contributed by atoms with van der Waals surface area (Å²) in [6.45, 7) is 0. The molecule has 0 saturated carbocycles. The highest BCUT2D eigenvalue weighted by molar-refractivity contribution is 5.41. The zero-order chi connectivity index (χ0) is 13.8. The van der Waals surface area contributed by atoms with E-state index in [2.05, 4.69) is 9.97 Å². The van der Waals surface area contributed by atoms with Crippen molar-refractivity contribution in [2.24, 2.45) is 0 Å². The van der Waals surface area contributed by atoms with Crippen molar-refractivity contribution in [1.82, 2.24) is 9.97 Å². The number of rotatable bonds is 3. The zero-order valence-corrected chi connectivity index (χ0v) is 10.9. The summed E-state index contributed by atoms with van der Waals surface area (Å²) in [5.41, 5.74) is 2.72. The van der Waals surface area contributed by atoms with Crippen molar-refractivity contribution in [2.45, 2.75) is 5.92 Å². The minimum Gasteiger partial charge on any atom is -0.313 e. The molecule has 0 unspecified atom stereocenters. The number of nitrogens with zero attached hydrogens (tertiary/aromatic N) is 1. The van der Waals surface area contributed by atoms with Crippen LogP contribution in [0.5, 0.6) is 0 Å². The molecular weight excluding hydrogens is 248 g/mol. The van der Waals surface area contributed by atoms with Gasteiger partial charge in [-0.2, -0.15) is 0 Å². The van der Waals surface area contributed by atoms with Gasteiger partial charge < -0.3 is 4.98 Å². The first-order valence-corrected chi connectivity index (χ1v) is 6.49. The van der Waals surface area contributed by atoms with Gasteiger partial charge in [0.05, 0.1) is 6.33 Å². The first kappa shape index (κ1) is 12.4. The third kappa shape index (κ3) is 2.38. The maximum absolute atomic E-state index is 12.1. The number of hydrogen-bond donors (Lipinski definition) is 1. The maximum Gasteiger partial charge on any atom is 0.254 e. The molecule has 1 heterocycles. The lowest BCUT2D eigenvalue weighted by molar-refractivity contribution is 0.916. The Morgan fingerprint density at radius 3 is 1.90 bits per heavy atom. The molecule has 3 aromatic rings. The van der Waals surface area contributed by atoms with E-state index in [1.807, 2.05) is 60.7 Å². The molecule has 3 heteroatoms. The second-order valence-electron chi connectivity index (χ2n) is 4.59. The van der Waals surface area contributed by atoms with Crippen LogP contribution in [0.3, 0.4) is 0 Å². The average Bonchev–Trinajstić information content (AvgIpc) is 2.52. The number of aromatic nitrogens is 2. The maximum atomic E-state index is 12.1. The number of H-pyrrole nitrogens is 1. The Balaban J connectivity index is 2.20. The fourth-order valence-corrected chi connectivity index (χ4v) is 2.40. The van der Waals surface area contributed by atoms with E-state index in [1.54, 1.807) is 6.20 Å². The van der Waals surface area contributed by atoms with Gasteiger partial charge >= 0.3 is 0 Å². The van der Waals surface area contributed by atoms with Crippen LogP contribution in [0.25, 0.3) is 0 Å². The lowest BCUT2D eigenvalue weighted by Crippen LogP contribution is -2.18. The molecule has 3 rings (SSSR count). The molecule has 2 aromatic carbocycles. The first-order valence-electron chi connectivity index (χ1n) is 6.49. The van der Waals surface area contributed by atoms with Crippen LogP contribution in [-0.4, -0.2) is 9.97 Å². The van der Waals surface area contributed by atoms with Crippen LogP contribution < -0.4 is 5.56 Å². The summed E-state index contributed by atoms with van der Waals surface area (Å²) < 4.78 is 0. The smallest absolute Gasteiger partial charge is 0.254 e. The number of hydrogen-bond acceptors (Lipinski definition) is 2. The van der Waals surface area contributed by atoms with Gasteiger partial charge in [-0.15, -0.1) is 0 Å². The summed E-state index contributed by atoms with van der Waals surface area (Å²) in [4.78, 5) is 18.8. The molecule has 0 bridgehead atoms. The van der Waals surface area contributed by atoms with Gasteiger partial charge in [-0.25, -0.2) is 4.98 Å². The van der Waals surface area contributed by atoms with Gasteiger partial charge in [0.15, 0.2) is 0 Å². The Morgan fingerprint density at radius 2 is 1.40 bits per heavy atom. The molecule has 20 heavy (non-hydrogen) atoms. The summed E-state index contributed by atoms with van der Waals surface area (Å²) in [7, 11) is 0. The predicted molar refractivity (Wildman–Crippen MR) is 78.7 cm³/mol. The molecular formula is C17H14N2O. The highest BCUT2D eigenvalue weighted by Crippen LogP contribution is 2.29. The predicted octanol–water partition coefficient (Wildman–Crippen LogP) is 2.95. The van der Waals surface area contributed by atoms with Crippen molar-refractivity contribution in [3.05, 3.63) is 100 Å². The van der Waals surface area contributed by atoms with Crippen molar-refractivity contribution in [1.29, 1.82) is 0 Å². The summed E-state index contributed by atoms with van der Waals surface area (Å²) in [6, 6.07) is 20.0. The van der Waals surface area contributed by atoms with Crippen molar-refractivity contribution in [3.8, 4) is 0 Å². The first-order chi connectivity index (χ1) is 9.86. The van der Waals surface area contributed by atoms with Crippen LogP contribution in [0.1, 0.15) is 22.6 Å². The van der Waals surface area contributed by atoms with E-state index in [4.69, 9.17) is 0 Å². The Hall–Kier alpha value is -2.68. The van der Waals surface area contributed by atoms with Crippen LogP contribution in [0.4, 0.5) is 0 Å². The van der Waals surface area contributed by atoms with Gasteiger partial charge in [-0.1, -0.05) is 60.7 Å². The summed E-state index contributed by atoms with van der Waals surface area (Å²) in [6.07, 6.45) is 3.06. The highest BCUT2D eigenvalue weighted by Gasteiger charge is 2.19. The third-order valence-corrected chi connectivity index (χ3v) is 3.32. The van der Waals surface area contributed by atoms with Crippen molar-refractivity contribution < 1.29 is 0 Å². The van der Waals surface area contributed by atoms with E-state index in [-0.39, 0.29) is 11.5 Å². The van der Waals surface area contributed by atoms with Gasteiger partial charge in [0, 0.05) is 17.7 Å². The van der Waals surface area contributed by atoms with E-state index >= 15 is 0 Å². The van der Waals surface area contributed by atoms with Crippen LogP contribution in [-0.2, 0) is 0 Å². The van der Waals surface area contributed by atoms with Crippen LogP contribution >= 0.6 is 0 Å². The molecule has 0 aliphatic heterocycles. The Kier molecular flexibility index (Phi) is 3.42. The number of nitrogens with one attached hydrogen (secondary N) is 1. The molecule has 3 nitrogen and oxygen atoms in total. The highest BCUT2D eigenvalue weighted by atomic mass is 16.1. The molecule has 0 aliphatic rings. The summed E-state index contributed by atoms with van der Waals surface area (Å²) in [5, 5.41) is 0. The fourth-order valence-electron chi connectivity index (χ4n) is 2.40. The minimum atomic E-state index is -0.102. The van der Waals surface area contributed by atoms with Crippen LogP contribution in [0.2, 0.25) is 0 Å². The van der Waals surface area contributed by atoms with E-state index < -0.39 is 0 Å². The number of benzene rings is 2. The SMILES string of the molecule is O=c1[nH]cncc1C(c1ccccc1)c1ccccc1. The third-order valence-electron chi connectivity index (χ3n) is 3.32. The molecule has 0 spiro atoms. The van der Waals surface area contributed by atoms with E-state index in [9.17, 15) is 4.79 Å². The molecule has 1 N–H and O–H groups in total. The Bertz CT molecular complexity index is 696. The molecule has 1 aromatic heterocycles. The van der Waals surface area contributed by atoms with Crippen molar-refractivity contribution in [3.63, 3.8) is 0 Å². The van der Waals surface area contributed by atoms with Crippen molar-refractivity contribution in [2.75, 3.05) is 0 Å². The van der Waals surface area contributed by atoms with E-state index in [0.717, 1.165) is 11.1 Å². The minimum absolute atomic E-state index is 0.0993. The van der Waals surface area contributed by atoms with Gasteiger partial charge in [-0.05, 0) is 11.1 Å². The van der Waals surface area contributed by atoms with Gasteiger partial charge in [-0.3, -0.25) is 4.79 Å². The molecule has 98 valence electrons. The zero-order valence-electron chi connectivity index (χ0n) is 10.9. The Morgan fingerprint density at radius 1 is 0.850 bits per heavy atom. The lowest BCUT2D eigenvalue weighted by Gasteiger charge is -2.17. The largest absolute Gasteiger partial charge is 0.313 e. The van der Waals surface area contributed by atoms with Crippen LogP contribution in [0.15, 0.2) is 78.0 Å². The summed E-state index contributed by atoms with van der Waals surface area (Å²) in [5.74, 6) is -0.102. The molecule has 0 fully saturated rings. The number of aromatic amines is 1. The average molecular weight is 262 g/mol. The van der Waals surface area contributed by atoms with Gasteiger partial charge in [0.1, 0.15) is 0 Å². The van der Waals surface area contributed by atoms with E-state index in [1.165, 1.54) is 6.33 Å². The van der Waals surface area contributed by atoms with Crippen LogP contribution in [0, 0.1) is 0 Å². The molecule has 0 aliphatic carbocycles. The molecule has 0 saturated heterocycles. The van der Waals surface area contributed by atoms with Crippen molar-refractivity contribution >= 4 is 0 Å². The fraction of sp³-hybridized carbons (Fsp3) is 0.0588. The Labute approximate surface area is 117 Å². The summed E-state index contributed by atoms with van der Waals surface area (Å²) >= 11 is 0. The molecule has 0 atom stereocenters. The lowest BCUT2D eigenvalue weighted by atomic mass is 9.86. The second-order valence-corrected chi connectivity index (χ2v) is 4.59. The quantitative estimate of drug-likeness (QED) is 0.788. The second kappa shape index (κ2) is 5.53. The van der Waals surface area contributed by atoms with E-state index in [0.29, 0.717) is 5.56 Å². The monoisotopic (exact) mass is 262 g/mol. The molecule has 0 amide bonds. The normalized spacial score (nSPS) is 10.7. The van der Waals surface area contributed by atoms with Gasteiger partial charge in [0.2, 0.25) is 0 Å². The van der Waals surface area contributed by atoms with Gasteiger partial charge in [0.25, 0.3) is 5.56 Å².